The van der Waals surface area contributed by atoms with E-state index in [9.17, 15) is 18.4 Å². The molecule has 0 bridgehead atoms. The lowest BCUT2D eigenvalue weighted by atomic mass is 10.2. The van der Waals surface area contributed by atoms with E-state index in [0.29, 0.717) is 29.0 Å². The number of hydrogen-bond donors (Lipinski definition) is 2. The van der Waals surface area contributed by atoms with Crippen molar-refractivity contribution in [1.29, 1.82) is 0 Å². The fourth-order valence-corrected chi connectivity index (χ4v) is 3.85. The van der Waals surface area contributed by atoms with Gasteiger partial charge in [0.1, 0.15) is 4.60 Å². The minimum Gasteiger partial charge on any atom is -0.385 e. The van der Waals surface area contributed by atoms with Crippen LogP contribution in [0.15, 0.2) is 35.2 Å². The Morgan fingerprint density at radius 1 is 1.33 bits per heavy atom. The monoisotopic (exact) mass is 501 g/mol. The lowest BCUT2D eigenvalue weighted by molar-refractivity contribution is 0.0891. The SMILES string of the molecule is COCCC(CNC(=O)c1nc(Br)c2ccccn12)NC(=O)c1ncc(C(F)F)s1. The van der Waals surface area contributed by atoms with Crippen LogP contribution in [0.4, 0.5) is 8.78 Å². The van der Waals surface area contributed by atoms with Gasteiger partial charge in [-0.3, -0.25) is 14.0 Å². The summed E-state index contributed by atoms with van der Waals surface area (Å²) in [4.78, 5) is 32.7. The number of hydrogen-bond acceptors (Lipinski definition) is 6. The molecule has 0 aliphatic carbocycles. The Morgan fingerprint density at radius 3 is 2.83 bits per heavy atom. The van der Waals surface area contributed by atoms with E-state index in [1.807, 2.05) is 12.1 Å². The quantitative estimate of drug-likeness (QED) is 0.469. The van der Waals surface area contributed by atoms with Gasteiger partial charge < -0.3 is 15.4 Å². The number of amides is 2. The van der Waals surface area contributed by atoms with E-state index in [4.69, 9.17) is 4.74 Å². The number of alkyl halides is 2. The van der Waals surface area contributed by atoms with Gasteiger partial charge >= 0.3 is 0 Å². The van der Waals surface area contributed by atoms with Gasteiger partial charge in [-0.2, -0.15) is 0 Å². The molecule has 12 heteroatoms. The number of aromatic nitrogens is 3. The highest BCUT2D eigenvalue weighted by molar-refractivity contribution is 9.10. The second-order valence-electron chi connectivity index (χ2n) is 6.21. The fraction of sp³-hybridized carbons (Fsp3) is 0.333. The first kappa shape index (κ1) is 22.2. The number of carbonyl (C=O) groups is 2. The van der Waals surface area contributed by atoms with Crippen LogP contribution in [0.1, 0.15) is 38.1 Å². The lowest BCUT2D eigenvalue weighted by Gasteiger charge is -2.18. The maximum atomic E-state index is 12.7. The van der Waals surface area contributed by atoms with Crippen molar-refractivity contribution >= 4 is 44.6 Å². The Morgan fingerprint density at radius 2 is 2.13 bits per heavy atom. The first-order valence-electron chi connectivity index (χ1n) is 8.85. The Hall–Kier alpha value is -2.44. The molecule has 0 aliphatic heterocycles. The molecule has 8 nitrogen and oxygen atoms in total. The third-order valence-electron chi connectivity index (χ3n) is 4.15. The molecule has 0 spiro atoms. The first-order chi connectivity index (χ1) is 14.4. The molecule has 1 unspecified atom stereocenters. The average molecular weight is 502 g/mol. The van der Waals surface area contributed by atoms with E-state index in [1.165, 1.54) is 7.11 Å². The molecule has 0 saturated carbocycles. The summed E-state index contributed by atoms with van der Waals surface area (Å²) in [6.07, 6.45) is 0.422. The summed E-state index contributed by atoms with van der Waals surface area (Å²) >= 11 is 3.96. The van der Waals surface area contributed by atoms with Crippen molar-refractivity contribution in [2.45, 2.75) is 18.9 Å². The number of ether oxygens (including phenoxy) is 1. The van der Waals surface area contributed by atoms with Crippen molar-refractivity contribution in [3.05, 3.63) is 50.9 Å². The lowest BCUT2D eigenvalue weighted by Crippen LogP contribution is -2.44. The minimum atomic E-state index is -2.68. The van der Waals surface area contributed by atoms with Crippen LogP contribution in [0.2, 0.25) is 0 Å². The van der Waals surface area contributed by atoms with Gasteiger partial charge in [0, 0.05) is 38.7 Å². The third kappa shape index (κ3) is 5.18. The van der Waals surface area contributed by atoms with Crippen molar-refractivity contribution in [1.82, 2.24) is 25.0 Å². The van der Waals surface area contributed by atoms with Crippen LogP contribution in [0.5, 0.6) is 0 Å². The van der Waals surface area contributed by atoms with E-state index >= 15 is 0 Å². The van der Waals surface area contributed by atoms with Crippen molar-refractivity contribution in [3.8, 4) is 0 Å². The van der Waals surface area contributed by atoms with Gasteiger partial charge in [-0.1, -0.05) is 6.07 Å². The highest BCUT2D eigenvalue weighted by atomic mass is 79.9. The highest BCUT2D eigenvalue weighted by Crippen LogP contribution is 2.25. The number of pyridine rings is 1. The van der Waals surface area contributed by atoms with E-state index in [0.717, 1.165) is 11.7 Å². The zero-order valence-corrected chi connectivity index (χ0v) is 18.2. The van der Waals surface area contributed by atoms with Crippen LogP contribution in [-0.2, 0) is 4.74 Å². The van der Waals surface area contributed by atoms with Crippen LogP contribution >= 0.6 is 27.3 Å². The van der Waals surface area contributed by atoms with Gasteiger partial charge in [0.2, 0.25) is 5.82 Å². The summed E-state index contributed by atoms with van der Waals surface area (Å²) < 4.78 is 32.7. The highest BCUT2D eigenvalue weighted by Gasteiger charge is 2.21. The van der Waals surface area contributed by atoms with Crippen LogP contribution in [-0.4, -0.2) is 52.5 Å². The molecule has 3 rings (SSSR count). The van der Waals surface area contributed by atoms with Gasteiger partial charge in [0.25, 0.3) is 18.2 Å². The van der Waals surface area contributed by atoms with Gasteiger partial charge in [0.15, 0.2) is 5.01 Å². The number of carbonyl (C=O) groups excluding carboxylic acids is 2. The van der Waals surface area contributed by atoms with E-state index in [2.05, 4.69) is 36.5 Å². The smallest absolute Gasteiger partial charge is 0.287 e. The molecule has 0 aromatic carbocycles. The molecular weight excluding hydrogens is 484 g/mol. The van der Waals surface area contributed by atoms with E-state index in [-0.39, 0.29) is 22.3 Å². The normalized spacial score (nSPS) is 12.3. The molecule has 0 aliphatic rings. The number of fused-ring (bicyclic) bond motifs is 1. The maximum absolute atomic E-state index is 12.7. The van der Waals surface area contributed by atoms with Crippen molar-refractivity contribution in [2.24, 2.45) is 0 Å². The molecule has 30 heavy (non-hydrogen) atoms. The Bertz CT molecular complexity index is 1040. The molecule has 1 atom stereocenters. The summed E-state index contributed by atoms with van der Waals surface area (Å²) in [6, 6.07) is 4.94. The molecule has 3 heterocycles. The second-order valence-corrected chi connectivity index (χ2v) is 8.03. The summed E-state index contributed by atoms with van der Waals surface area (Å²) in [7, 11) is 1.52. The summed E-state index contributed by atoms with van der Waals surface area (Å²) in [5.74, 6) is -0.820. The van der Waals surface area contributed by atoms with Gasteiger partial charge in [-0.15, -0.1) is 11.3 Å². The van der Waals surface area contributed by atoms with Crippen LogP contribution in [0.3, 0.4) is 0 Å². The minimum absolute atomic E-state index is 0.0674. The predicted octanol–water partition coefficient (Wildman–Crippen LogP) is 3.06. The molecule has 2 amide bonds. The molecule has 160 valence electrons. The molecule has 0 saturated heterocycles. The molecule has 2 N–H and O–H groups in total. The first-order valence-corrected chi connectivity index (χ1v) is 10.5. The molecule has 3 aromatic rings. The van der Waals surface area contributed by atoms with E-state index < -0.39 is 24.3 Å². The number of methoxy groups -OCH3 is 1. The Kier molecular flexibility index (Phi) is 7.45. The number of nitrogens with one attached hydrogen (secondary N) is 2. The van der Waals surface area contributed by atoms with Crippen LogP contribution < -0.4 is 10.6 Å². The second kappa shape index (κ2) is 10.0. The zero-order chi connectivity index (χ0) is 21.7. The standard InChI is InChI=1S/C18H18BrF2N5O3S/c1-29-7-5-10(24-17(28)18-23-9-12(30-18)14(20)21)8-22-16(27)15-25-13(19)11-4-2-3-6-26(11)15/h2-4,6,9-10,14H,5,7-8H2,1H3,(H,22,27)(H,24,28). The third-order valence-corrected chi connectivity index (χ3v) is 5.74. The largest absolute Gasteiger partial charge is 0.385 e. The van der Waals surface area contributed by atoms with Crippen LogP contribution in [0, 0.1) is 0 Å². The summed E-state index contributed by atoms with van der Waals surface area (Å²) in [5, 5.41) is 5.38. The Labute approximate surface area is 182 Å². The summed E-state index contributed by atoms with van der Waals surface area (Å²) in [5.41, 5.74) is 0.741. The molecular formula is C18H18BrF2N5O3S. The topological polar surface area (TPSA) is 97.6 Å². The van der Waals surface area contributed by atoms with Crippen molar-refractivity contribution < 1.29 is 23.1 Å². The summed E-state index contributed by atoms with van der Waals surface area (Å²) in [6.45, 7) is 0.430. The molecule has 3 aromatic heterocycles. The number of halogens is 3. The van der Waals surface area contributed by atoms with Crippen molar-refractivity contribution in [3.63, 3.8) is 0 Å². The molecule has 0 fully saturated rings. The fourth-order valence-electron chi connectivity index (χ4n) is 2.68. The van der Waals surface area contributed by atoms with Crippen molar-refractivity contribution in [2.75, 3.05) is 20.3 Å². The number of thiazole rings is 1. The number of imidazole rings is 1. The van der Waals surface area contributed by atoms with Gasteiger partial charge in [-0.05, 0) is 34.5 Å². The maximum Gasteiger partial charge on any atom is 0.287 e. The zero-order valence-electron chi connectivity index (χ0n) is 15.8. The van der Waals surface area contributed by atoms with Crippen LogP contribution in [0.25, 0.3) is 5.52 Å². The van der Waals surface area contributed by atoms with E-state index in [1.54, 1.807) is 16.7 Å². The number of nitrogens with zero attached hydrogens (tertiary/aromatic N) is 3. The Balaban J connectivity index is 1.66. The average Bonchev–Trinajstić information content (AvgIpc) is 3.36. The van der Waals surface area contributed by atoms with Gasteiger partial charge in [-0.25, -0.2) is 18.7 Å². The predicted molar refractivity (Wildman–Crippen MR) is 110 cm³/mol. The molecule has 0 radical (unpaired) electrons. The van der Waals surface area contributed by atoms with Gasteiger partial charge in [0.05, 0.1) is 10.4 Å². The number of rotatable bonds is 9.